The van der Waals surface area contributed by atoms with Gasteiger partial charge in [-0.2, -0.15) is 0 Å². The fourth-order valence-electron chi connectivity index (χ4n) is 2.51. The number of nitrogens with one attached hydrogen (secondary N) is 1. The number of aliphatic carboxylic acids is 1. The van der Waals surface area contributed by atoms with Crippen LogP contribution in [0.1, 0.15) is 35.6 Å². The van der Waals surface area contributed by atoms with E-state index in [4.69, 9.17) is 0 Å². The van der Waals surface area contributed by atoms with E-state index in [1.54, 1.807) is 0 Å². The maximum Gasteiger partial charge on any atom is 0.312 e. The Morgan fingerprint density at radius 1 is 1.10 bits per heavy atom. The van der Waals surface area contributed by atoms with Crippen molar-refractivity contribution < 1.29 is 9.90 Å². The van der Waals surface area contributed by atoms with Crippen LogP contribution in [0.25, 0.3) is 0 Å². The average molecular weight is 283 g/mol. The molecule has 0 aliphatic carbocycles. The van der Waals surface area contributed by atoms with E-state index < -0.39 is 11.9 Å². The number of carboxylic acid groups (broad SMARTS) is 1. The van der Waals surface area contributed by atoms with Crippen molar-refractivity contribution in [1.29, 1.82) is 0 Å². The van der Waals surface area contributed by atoms with Crippen LogP contribution in [0.3, 0.4) is 0 Å². The molecular weight excluding hydrogens is 262 g/mol. The van der Waals surface area contributed by atoms with Gasteiger partial charge < -0.3 is 10.4 Å². The predicted molar refractivity (Wildman–Crippen MR) is 84.4 cm³/mol. The van der Waals surface area contributed by atoms with Crippen LogP contribution in [0.5, 0.6) is 0 Å². The van der Waals surface area contributed by atoms with Gasteiger partial charge >= 0.3 is 5.97 Å². The summed E-state index contributed by atoms with van der Waals surface area (Å²) in [7, 11) is 0. The lowest BCUT2D eigenvalue weighted by Crippen LogP contribution is -2.29. The van der Waals surface area contributed by atoms with Gasteiger partial charge in [-0.15, -0.1) is 0 Å². The van der Waals surface area contributed by atoms with Crippen LogP contribution in [0, 0.1) is 6.92 Å². The molecule has 0 heterocycles. The van der Waals surface area contributed by atoms with Crippen LogP contribution < -0.4 is 5.32 Å². The summed E-state index contributed by atoms with van der Waals surface area (Å²) in [5.74, 6) is -1.33. The largest absolute Gasteiger partial charge is 0.481 e. The molecule has 0 bridgehead atoms. The first kappa shape index (κ1) is 15.3. The minimum absolute atomic E-state index is 0.122. The molecule has 0 saturated heterocycles. The van der Waals surface area contributed by atoms with Crippen molar-refractivity contribution in [3.05, 3.63) is 71.3 Å². The van der Waals surface area contributed by atoms with Crippen molar-refractivity contribution in [3.63, 3.8) is 0 Å². The van der Waals surface area contributed by atoms with Crippen molar-refractivity contribution in [3.8, 4) is 0 Å². The van der Waals surface area contributed by atoms with E-state index in [1.807, 2.05) is 42.5 Å². The van der Waals surface area contributed by atoms with Gasteiger partial charge in [0, 0.05) is 12.6 Å². The monoisotopic (exact) mass is 283 g/mol. The van der Waals surface area contributed by atoms with Crippen molar-refractivity contribution >= 4 is 5.97 Å². The first-order chi connectivity index (χ1) is 10.1. The van der Waals surface area contributed by atoms with E-state index in [0.717, 1.165) is 5.56 Å². The van der Waals surface area contributed by atoms with Crippen LogP contribution in [-0.4, -0.2) is 17.6 Å². The summed E-state index contributed by atoms with van der Waals surface area (Å²) >= 11 is 0. The number of benzene rings is 2. The minimum Gasteiger partial charge on any atom is -0.481 e. The Morgan fingerprint density at radius 3 is 2.33 bits per heavy atom. The zero-order valence-electron chi connectivity index (χ0n) is 12.4. The molecule has 2 unspecified atom stereocenters. The second-order valence-electron chi connectivity index (χ2n) is 5.29. The summed E-state index contributed by atoms with van der Waals surface area (Å²) in [5.41, 5.74) is 3.24. The highest BCUT2D eigenvalue weighted by Crippen LogP contribution is 2.19. The Kier molecular flexibility index (Phi) is 5.12. The summed E-state index contributed by atoms with van der Waals surface area (Å²) in [5, 5.41) is 12.8. The van der Waals surface area contributed by atoms with Gasteiger partial charge in [-0.1, -0.05) is 54.6 Å². The maximum atomic E-state index is 11.5. The Labute approximate surface area is 125 Å². The molecule has 0 saturated carbocycles. The van der Waals surface area contributed by atoms with Crippen molar-refractivity contribution in [2.45, 2.75) is 25.8 Å². The Morgan fingerprint density at radius 2 is 1.71 bits per heavy atom. The highest BCUT2D eigenvalue weighted by Gasteiger charge is 2.20. The molecule has 2 atom stereocenters. The molecule has 0 aliphatic heterocycles. The summed E-state index contributed by atoms with van der Waals surface area (Å²) in [4.78, 5) is 11.5. The molecular formula is C18H21NO2. The molecule has 21 heavy (non-hydrogen) atoms. The first-order valence-corrected chi connectivity index (χ1v) is 7.16. The van der Waals surface area contributed by atoms with Gasteiger partial charge in [0.1, 0.15) is 0 Å². The molecule has 0 aromatic heterocycles. The number of hydrogen-bond acceptors (Lipinski definition) is 2. The first-order valence-electron chi connectivity index (χ1n) is 7.16. The number of aryl methyl sites for hydroxylation is 1. The van der Waals surface area contributed by atoms with Crippen molar-refractivity contribution in [2.75, 3.05) is 6.54 Å². The molecule has 0 radical (unpaired) electrons. The zero-order chi connectivity index (χ0) is 15.2. The van der Waals surface area contributed by atoms with Crippen LogP contribution in [0.2, 0.25) is 0 Å². The molecule has 2 rings (SSSR count). The van der Waals surface area contributed by atoms with Crippen molar-refractivity contribution in [1.82, 2.24) is 5.32 Å². The van der Waals surface area contributed by atoms with E-state index >= 15 is 0 Å². The highest BCUT2D eigenvalue weighted by molar-refractivity contribution is 5.76. The Bertz CT molecular complexity index is 595. The predicted octanol–water partition coefficient (Wildman–Crippen LogP) is 3.51. The van der Waals surface area contributed by atoms with Crippen molar-refractivity contribution in [2.24, 2.45) is 0 Å². The van der Waals surface area contributed by atoms with Gasteiger partial charge in [-0.05, 0) is 30.5 Å². The summed E-state index contributed by atoms with van der Waals surface area (Å²) in [6.45, 7) is 4.54. The Hall–Kier alpha value is -2.13. The molecule has 2 aromatic carbocycles. The molecule has 2 aromatic rings. The van der Waals surface area contributed by atoms with Gasteiger partial charge in [-0.3, -0.25) is 4.79 Å². The molecule has 110 valence electrons. The Balaban J connectivity index is 2.06. The summed E-state index contributed by atoms with van der Waals surface area (Å²) < 4.78 is 0. The molecule has 2 N–H and O–H groups in total. The van der Waals surface area contributed by atoms with E-state index in [2.05, 4.69) is 31.3 Å². The van der Waals surface area contributed by atoms with E-state index in [9.17, 15) is 9.90 Å². The number of rotatable bonds is 6. The lowest BCUT2D eigenvalue weighted by Gasteiger charge is -2.20. The van der Waals surface area contributed by atoms with Crippen LogP contribution >= 0.6 is 0 Å². The highest BCUT2D eigenvalue weighted by atomic mass is 16.4. The second-order valence-corrected chi connectivity index (χ2v) is 5.29. The molecule has 3 heteroatoms. The fraction of sp³-hybridized carbons (Fsp3) is 0.278. The van der Waals surface area contributed by atoms with E-state index in [-0.39, 0.29) is 6.04 Å². The smallest absolute Gasteiger partial charge is 0.312 e. The fourth-order valence-corrected chi connectivity index (χ4v) is 2.51. The zero-order valence-corrected chi connectivity index (χ0v) is 12.4. The lowest BCUT2D eigenvalue weighted by molar-refractivity contribution is -0.138. The topological polar surface area (TPSA) is 49.3 Å². The van der Waals surface area contributed by atoms with Crippen LogP contribution in [-0.2, 0) is 4.79 Å². The third-order valence-corrected chi connectivity index (χ3v) is 3.78. The number of carboxylic acids is 1. The van der Waals surface area contributed by atoms with Crippen LogP contribution in [0.15, 0.2) is 54.6 Å². The van der Waals surface area contributed by atoms with E-state index in [1.165, 1.54) is 11.1 Å². The third-order valence-electron chi connectivity index (χ3n) is 3.78. The summed E-state index contributed by atoms with van der Waals surface area (Å²) in [6.07, 6.45) is 0. The lowest BCUT2D eigenvalue weighted by atomic mass is 9.97. The minimum atomic E-state index is -0.800. The molecule has 0 aliphatic rings. The standard InChI is InChI=1S/C18H21NO2/c1-13-8-6-7-11-16(13)14(2)19-12-17(18(20)21)15-9-4-3-5-10-15/h3-11,14,17,19H,12H2,1-2H3,(H,20,21). The normalized spacial score (nSPS) is 13.6. The molecule has 0 amide bonds. The van der Waals surface area contributed by atoms with Gasteiger partial charge in [0.2, 0.25) is 0 Å². The maximum absolute atomic E-state index is 11.5. The van der Waals surface area contributed by atoms with Gasteiger partial charge in [0.15, 0.2) is 0 Å². The molecule has 0 spiro atoms. The van der Waals surface area contributed by atoms with Crippen LogP contribution in [0.4, 0.5) is 0 Å². The second kappa shape index (κ2) is 7.04. The number of carbonyl (C=O) groups is 1. The van der Waals surface area contributed by atoms with Gasteiger partial charge in [0.25, 0.3) is 0 Å². The molecule has 3 nitrogen and oxygen atoms in total. The quantitative estimate of drug-likeness (QED) is 0.853. The third kappa shape index (κ3) is 3.92. The SMILES string of the molecule is Cc1ccccc1C(C)NCC(C(=O)O)c1ccccc1. The number of hydrogen-bond donors (Lipinski definition) is 2. The molecule has 0 fully saturated rings. The van der Waals surface area contributed by atoms with E-state index in [0.29, 0.717) is 6.54 Å². The van der Waals surface area contributed by atoms with Gasteiger partial charge in [0.05, 0.1) is 5.92 Å². The van der Waals surface area contributed by atoms with Gasteiger partial charge in [-0.25, -0.2) is 0 Å². The summed E-state index contributed by atoms with van der Waals surface area (Å²) in [6, 6.07) is 17.6. The average Bonchev–Trinajstić information content (AvgIpc) is 2.48.